The molecule has 5 rings (SSSR count). The van der Waals surface area contributed by atoms with Crippen molar-refractivity contribution in [3.8, 4) is 0 Å². The molecule has 2 aliphatic heterocycles. The van der Waals surface area contributed by atoms with Gasteiger partial charge in [0.2, 0.25) is 11.8 Å². The first-order valence-corrected chi connectivity index (χ1v) is 11.6. The fraction of sp³-hybridized carbons (Fsp3) is 0.609. The first kappa shape index (κ1) is 20.5. The molecule has 3 heterocycles. The second kappa shape index (κ2) is 8.24. The number of aromatic amines is 1. The van der Waals surface area contributed by atoms with E-state index >= 15 is 0 Å². The third kappa shape index (κ3) is 3.83. The molecular weight excluding hydrogens is 392 g/mol. The molecule has 0 bridgehead atoms. The lowest BCUT2D eigenvalue weighted by Crippen LogP contribution is -2.48. The van der Waals surface area contributed by atoms with Crippen LogP contribution in [0.3, 0.4) is 0 Å². The van der Waals surface area contributed by atoms with Gasteiger partial charge in [-0.2, -0.15) is 0 Å². The molecule has 8 heteroatoms. The zero-order valence-electron chi connectivity index (χ0n) is 18.2. The van der Waals surface area contributed by atoms with E-state index in [4.69, 9.17) is 0 Å². The second-order valence-corrected chi connectivity index (χ2v) is 9.60. The molecule has 0 spiro atoms. The maximum absolute atomic E-state index is 13.2. The van der Waals surface area contributed by atoms with E-state index in [2.05, 4.69) is 40.0 Å². The molecule has 2 amide bonds. The fourth-order valence-electron chi connectivity index (χ4n) is 5.44. The molecular formula is C23H32N6O2. The number of nitrogens with zero attached hydrogens (tertiary/aromatic N) is 2. The summed E-state index contributed by atoms with van der Waals surface area (Å²) in [4.78, 5) is 35.9. The van der Waals surface area contributed by atoms with Crippen LogP contribution in [-0.4, -0.2) is 45.4 Å². The number of hydrazine groups is 1. The van der Waals surface area contributed by atoms with Gasteiger partial charge in [-0.3, -0.25) is 15.0 Å². The Labute approximate surface area is 182 Å². The van der Waals surface area contributed by atoms with Crippen molar-refractivity contribution < 1.29 is 9.59 Å². The molecule has 3 aliphatic rings. The summed E-state index contributed by atoms with van der Waals surface area (Å²) >= 11 is 0. The normalized spacial score (nSPS) is 29.5. The van der Waals surface area contributed by atoms with E-state index < -0.39 is 0 Å². The number of benzene rings is 1. The summed E-state index contributed by atoms with van der Waals surface area (Å²) in [6, 6.07) is 8.07. The summed E-state index contributed by atoms with van der Waals surface area (Å²) in [6.07, 6.45) is 4.98. The third-order valence-electron chi connectivity index (χ3n) is 7.17. The van der Waals surface area contributed by atoms with Gasteiger partial charge in [-0.25, -0.2) is 10.4 Å². The van der Waals surface area contributed by atoms with E-state index in [1.165, 1.54) is 12.8 Å². The molecule has 31 heavy (non-hydrogen) atoms. The molecule has 5 unspecified atom stereocenters. The molecule has 1 aliphatic carbocycles. The van der Waals surface area contributed by atoms with Crippen LogP contribution in [-0.2, 0) is 9.59 Å². The molecule has 3 fully saturated rings. The van der Waals surface area contributed by atoms with Gasteiger partial charge in [0.15, 0.2) is 0 Å². The van der Waals surface area contributed by atoms with Crippen LogP contribution in [0.25, 0.3) is 11.0 Å². The molecule has 2 aromatic rings. The van der Waals surface area contributed by atoms with Crippen molar-refractivity contribution in [3.63, 3.8) is 0 Å². The molecule has 1 aromatic carbocycles. The number of likely N-dealkylation sites (tertiary alicyclic amines) is 1. The largest absolute Gasteiger partial charge is 0.346 e. The van der Waals surface area contributed by atoms with Gasteiger partial charge in [-0.15, -0.1) is 0 Å². The summed E-state index contributed by atoms with van der Waals surface area (Å²) in [6.45, 7) is 4.61. The molecule has 8 nitrogen and oxygen atoms in total. The van der Waals surface area contributed by atoms with E-state index in [0.717, 1.165) is 29.7 Å². The van der Waals surface area contributed by atoms with Crippen LogP contribution in [0.2, 0.25) is 0 Å². The molecule has 166 valence electrons. The van der Waals surface area contributed by atoms with Gasteiger partial charge in [0.1, 0.15) is 5.82 Å². The number of hydrogen-bond acceptors (Lipinski definition) is 5. The molecule has 2 saturated heterocycles. The highest BCUT2D eigenvalue weighted by molar-refractivity contribution is 5.89. The molecule has 1 saturated carbocycles. The maximum atomic E-state index is 13.2. The fourth-order valence-corrected chi connectivity index (χ4v) is 5.44. The van der Waals surface area contributed by atoms with E-state index in [-0.39, 0.29) is 42.3 Å². The van der Waals surface area contributed by atoms with Gasteiger partial charge in [0.05, 0.1) is 29.2 Å². The number of imidazole rings is 1. The van der Waals surface area contributed by atoms with Gasteiger partial charge in [-0.1, -0.05) is 38.8 Å². The van der Waals surface area contributed by atoms with Crippen LogP contribution < -0.4 is 16.2 Å². The van der Waals surface area contributed by atoms with Gasteiger partial charge in [-0.05, 0) is 30.9 Å². The van der Waals surface area contributed by atoms with Crippen LogP contribution in [0.5, 0.6) is 0 Å². The van der Waals surface area contributed by atoms with E-state index in [0.29, 0.717) is 18.5 Å². The average Bonchev–Trinajstić information content (AvgIpc) is 3.47. The number of hydrogen-bond donors (Lipinski definition) is 4. The predicted molar refractivity (Wildman–Crippen MR) is 117 cm³/mol. The number of carbonyl (C=O) groups excluding carboxylic acids is 2. The Kier molecular flexibility index (Phi) is 5.44. The highest BCUT2D eigenvalue weighted by atomic mass is 16.2. The standard InChI is InChI=1S/C23H32N6O2/c1-13(2)20(21-24-17-9-5-6-10-18(17)25-21)26-23(31)14-11-19(30)29(12-14)22-15-7-3-4-8-16(15)27-28-22/h5-6,9-10,13-16,20,22,27-28H,3-4,7-8,11-12H2,1-2H3,(H,24,25)(H,26,31). The minimum absolute atomic E-state index is 0.00753. The van der Waals surface area contributed by atoms with Crippen LogP contribution in [0.1, 0.15) is 57.8 Å². The van der Waals surface area contributed by atoms with Crippen LogP contribution in [0.4, 0.5) is 0 Å². The Morgan fingerprint density at radius 2 is 2.00 bits per heavy atom. The van der Waals surface area contributed by atoms with Crippen LogP contribution >= 0.6 is 0 Å². The van der Waals surface area contributed by atoms with Crippen molar-refractivity contribution in [2.75, 3.05) is 6.54 Å². The molecule has 5 atom stereocenters. The summed E-state index contributed by atoms with van der Waals surface area (Å²) in [5.41, 5.74) is 8.56. The van der Waals surface area contributed by atoms with Crippen molar-refractivity contribution in [2.45, 2.75) is 64.2 Å². The monoisotopic (exact) mass is 424 g/mol. The number of H-pyrrole nitrogens is 1. The van der Waals surface area contributed by atoms with E-state index in [9.17, 15) is 9.59 Å². The zero-order chi connectivity index (χ0) is 21.5. The number of aromatic nitrogens is 2. The number of rotatable bonds is 5. The van der Waals surface area contributed by atoms with Gasteiger partial charge < -0.3 is 15.2 Å². The van der Waals surface area contributed by atoms with E-state index in [1.54, 1.807) is 0 Å². The molecule has 1 aromatic heterocycles. The van der Waals surface area contributed by atoms with Crippen molar-refractivity contribution in [3.05, 3.63) is 30.1 Å². The smallest absolute Gasteiger partial charge is 0.226 e. The van der Waals surface area contributed by atoms with Gasteiger partial charge >= 0.3 is 0 Å². The summed E-state index contributed by atoms with van der Waals surface area (Å²) in [5, 5.41) is 3.18. The number of carbonyl (C=O) groups is 2. The van der Waals surface area contributed by atoms with Crippen LogP contribution in [0, 0.1) is 17.8 Å². The molecule has 0 radical (unpaired) electrons. The lowest BCUT2D eigenvalue weighted by Gasteiger charge is -2.32. The first-order valence-electron chi connectivity index (χ1n) is 11.6. The maximum Gasteiger partial charge on any atom is 0.226 e. The Morgan fingerprint density at radius 3 is 2.81 bits per heavy atom. The SMILES string of the molecule is CC(C)C(NC(=O)C1CC(=O)N(C2NNC3CCCCC32)C1)c1nc2ccccc2[nH]1. The first-order chi connectivity index (χ1) is 15.0. The number of amides is 2. The zero-order valence-corrected chi connectivity index (χ0v) is 18.2. The Hall–Kier alpha value is -2.45. The topological polar surface area (TPSA) is 102 Å². The number of fused-ring (bicyclic) bond motifs is 2. The average molecular weight is 425 g/mol. The minimum atomic E-state index is -0.331. The highest BCUT2D eigenvalue weighted by Gasteiger charge is 2.46. The highest BCUT2D eigenvalue weighted by Crippen LogP contribution is 2.34. The number of nitrogens with one attached hydrogen (secondary N) is 4. The van der Waals surface area contributed by atoms with Crippen LogP contribution in [0.15, 0.2) is 24.3 Å². The van der Waals surface area contributed by atoms with Crippen molar-refractivity contribution in [2.24, 2.45) is 17.8 Å². The Balaban J connectivity index is 1.28. The van der Waals surface area contributed by atoms with Crippen molar-refractivity contribution >= 4 is 22.8 Å². The summed E-state index contributed by atoms with van der Waals surface area (Å²) in [5.74, 6) is 1.02. The lowest BCUT2D eigenvalue weighted by atomic mass is 9.84. The second-order valence-electron chi connectivity index (χ2n) is 9.60. The van der Waals surface area contributed by atoms with Gasteiger partial charge in [0.25, 0.3) is 0 Å². The lowest BCUT2D eigenvalue weighted by molar-refractivity contribution is -0.131. The summed E-state index contributed by atoms with van der Waals surface area (Å²) < 4.78 is 0. The minimum Gasteiger partial charge on any atom is -0.346 e. The Bertz CT molecular complexity index is 939. The molecule has 4 N–H and O–H groups in total. The third-order valence-corrected chi connectivity index (χ3v) is 7.17. The predicted octanol–water partition coefficient (Wildman–Crippen LogP) is 2.22. The quantitative estimate of drug-likeness (QED) is 0.590. The van der Waals surface area contributed by atoms with E-state index in [1.807, 2.05) is 29.2 Å². The van der Waals surface area contributed by atoms with Crippen molar-refractivity contribution in [1.82, 2.24) is 31.0 Å². The van der Waals surface area contributed by atoms with Crippen molar-refractivity contribution in [1.29, 1.82) is 0 Å². The summed E-state index contributed by atoms with van der Waals surface area (Å²) in [7, 11) is 0. The number of para-hydroxylation sites is 2. The Morgan fingerprint density at radius 1 is 1.19 bits per heavy atom. The van der Waals surface area contributed by atoms with Gasteiger partial charge in [0, 0.05) is 24.9 Å².